The van der Waals surface area contributed by atoms with Gasteiger partial charge in [-0.05, 0) is 23.1 Å². The molecule has 0 bridgehead atoms. The summed E-state index contributed by atoms with van der Waals surface area (Å²) in [5.74, 6) is -0.0866. The Hall–Kier alpha value is -1.20. The van der Waals surface area contributed by atoms with Gasteiger partial charge in [0.25, 0.3) is 0 Å². The SMILES string of the molecule is CC(C=Cc1cccc(CO)c1CO)C(O)CCO. The fourth-order valence-electron chi connectivity index (χ4n) is 1.93. The van der Waals surface area contributed by atoms with E-state index in [0.29, 0.717) is 17.5 Å². The van der Waals surface area contributed by atoms with Crippen molar-refractivity contribution in [1.29, 1.82) is 0 Å². The second-order valence-electron chi connectivity index (χ2n) is 4.60. The van der Waals surface area contributed by atoms with Gasteiger partial charge in [-0.3, -0.25) is 0 Å². The highest BCUT2D eigenvalue weighted by Gasteiger charge is 2.11. The van der Waals surface area contributed by atoms with Crippen molar-refractivity contribution in [2.45, 2.75) is 32.7 Å². The van der Waals surface area contributed by atoms with Crippen LogP contribution in [-0.4, -0.2) is 33.1 Å². The van der Waals surface area contributed by atoms with Gasteiger partial charge >= 0.3 is 0 Å². The van der Waals surface area contributed by atoms with Crippen LogP contribution in [0.4, 0.5) is 0 Å². The molecule has 0 aliphatic rings. The molecule has 2 atom stereocenters. The molecule has 1 aromatic carbocycles. The molecule has 4 nitrogen and oxygen atoms in total. The van der Waals surface area contributed by atoms with E-state index in [1.807, 2.05) is 31.2 Å². The zero-order valence-corrected chi connectivity index (χ0v) is 11.2. The monoisotopic (exact) mass is 266 g/mol. The third-order valence-electron chi connectivity index (χ3n) is 3.25. The Morgan fingerprint density at radius 1 is 1.16 bits per heavy atom. The van der Waals surface area contributed by atoms with Crippen LogP contribution in [0.25, 0.3) is 6.08 Å². The summed E-state index contributed by atoms with van der Waals surface area (Å²) in [6, 6.07) is 5.44. The van der Waals surface area contributed by atoms with Crippen LogP contribution in [-0.2, 0) is 13.2 Å². The molecule has 1 rings (SSSR count). The Balaban J connectivity index is 2.87. The molecule has 106 valence electrons. The molecule has 4 heteroatoms. The van der Waals surface area contributed by atoms with E-state index < -0.39 is 6.10 Å². The Morgan fingerprint density at radius 2 is 1.89 bits per heavy atom. The van der Waals surface area contributed by atoms with E-state index >= 15 is 0 Å². The smallest absolute Gasteiger partial charge is 0.0691 e. The maximum absolute atomic E-state index is 9.72. The van der Waals surface area contributed by atoms with E-state index in [9.17, 15) is 15.3 Å². The van der Waals surface area contributed by atoms with E-state index in [0.717, 1.165) is 5.56 Å². The summed E-state index contributed by atoms with van der Waals surface area (Å²) in [6.45, 7) is 1.58. The minimum Gasteiger partial charge on any atom is -0.396 e. The van der Waals surface area contributed by atoms with Gasteiger partial charge in [0.15, 0.2) is 0 Å². The summed E-state index contributed by atoms with van der Waals surface area (Å²) in [6.07, 6.45) is 3.43. The van der Waals surface area contributed by atoms with E-state index in [-0.39, 0.29) is 25.7 Å². The van der Waals surface area contributed by atoms with Crippen LogP contribution in [0, 0.1) is 5.92 Å². The lowest BCUT2D eigenvalue weighted by Crippen LogP contribution is -2.16. The molecular formula is C15H22O4. The van der Waals surface area contributed by atoms with Gasteiger partial charge in [-0.1, -0.05) is 37.3 Å². The van der Waals surface area contributed by atoms with Crippen molar-refractivity contribution in [3.63, 3.8) is 0 Å². The van der Waals surface area contributed by atoms with Crippen molar-refractivity contribution >= 4 is 6.08 Å². The molecule has 0 aliphatic carbocycles. The summed E-state index contributed by atoms with van der Waals surface area (Å²) in [5.41, 5.74) is 2.23. The lowest BCUT2D eigenvalue weighted by Gasteiger charge is -2.14. The third-order valence-corrected chi connectivity index (χ3v) is 3.25. The summed E-state index contributed by atoms with van der Waals surface area (Å²) in [7, 11) is 0. The predicted molar refractivity (Wildman–Crippen MR) is 74.2 cm³/mol. The molecule has 0 radical (unpaired) electrons. The first kappa shape index (κ1) is 15.9. The van der Waals surface area contributed by atoms with E-state index in [1.54, 1.807) is 6.07 Å². The third kappa shape index (κ3) is 4.44. The number of hydrogen-bond donors (Lipinski definition) is 4. The van der Waals surface area contributed by atoms with E-state index in [4.69, 9.17) is 5.11 Å². The average Bonchev–Trinajstić information content (AvgIpc) is 2.44. The molecular weight excluding hydrogens is 244 g/mol. The molecule has 0 amide bonds. The molecule has 4 N–H and O–H groups in total. The molecule has 0 saturated heterocycles. The lowest BCUT2D eigenvalue weighted by atomic mass is 9.97. The zero-order chi connectivity index (χ0) is 14.3. The number of hydrogen-bond acceptors (Lipinski definition) is 4. The first-order valence-electron chi connectivity index (χ1n) is 6.43. The van der Waals surface area contributed by atoms with Crippen molar-refractivity contribution in [1.82, 2.24) is 0 Å². The molecule has 0 spiro atoms. The number of aliphatic hydroxyl groups is 4. The first-order chi connectivity index (χ1) is 9.13. The van der Waals surface area contributed by atoms with Gasteiger partial charge in [0, 0.05) is 12.5 Å². The van der Waals surface area contributed by atoms with Crippen LogP contribution in [0.5, 0.6) is 0 Å². The molecule has 0 aliphatic heterocycles. The van der Waals surface area contributed by atoms with Crippen LogP contribution in [0.2, 0.25) is 0 Å². The van der Waals surface area contributed by atoms with Gasteiger partial charge in [-0.2, -0.15) is 0 Å². The summed E-state index contributed by atoms with van der Waals surface area (Å²) in [5, 5.41) is 37.1. The highest BCUT2D eigenvalue weighted by atomic mass is 16.3. The zero-order valence-electron chi connectivity index (χ0n) is 11.2. The molecule has 0 fully saturated rings. The lowest BCUT2D eigenvalue weighted by molar-refractivity contribution is 0.103. The molecule has 2 unspecified atom stereocenters. The number of benzene rings is 1. The maximum Gasteiger partial charge on any atom is 0.0691 e. The largest absolute Gasteiger partial charge is 0.396 e. The van der Waals surface area contributed by atoms with Crippen LogP contribution >= 0.6 is 0 Å². The standard InChI is InChI=1S/C15H22O4/c1-11(15(19)7-8-16)5-6-12-3-2-4-13(9-17)14(12)10-18/h2-6,11,15-19H,7-10H2,1H3. The van der Waals surface area contributed by atoms with Crippen LogP contribution < -0.4 is 0 Å². The van der Waals surface area contributed by atoms with Crippen LogP contribution in [0.1, 0.15) is 30.0 Å². The van der Waals surface area contributed by atoms with E-state index in [1.165, 1.54) is 0 Å². The van der Waals surface area contributed by atoms with Gasteiger partial charge in [0.05, 0.1) is 19.3 Å². The highest BCUT2D eigenvalue weighted by Crippen LogP contribution is 2.18. The first-order valence-corrected chi connectivity index (χ1v) is 6.43. The molecule has 19 heavy (non-hydrogen) atoms. The van der Waals surface area contributed by atoms with Gasteiger partial charge in [-0.15, -0.1) is 0 Å². The summed E-state index contributed by atoms with van der Waals surface area (Å²) in [4.78, 5) is 0. The van der Waals surface area contributed by atoms with Crippen molar-refractivity contribution in [3.05, 3.63) is 41.0 Å². The Labute approximate surface area is 113 Å². The van der Waals surface area contributed by atoms with Crippen molar-refractivity contribution in [2.75, 3.05) is 6.61 Å². The fraction of sp³-hybridized carbons (Fsp3) is 0.467. The molecule has 0 saturated carbocycles. The molecule has 1 aromatic rings. The maximum atomic E-state index is 9.72. The minimum atomic E-state index is -0.583. The van der Waals surface area contributed by atoms with Crippen molar-refractivity contribution in [3.8, 4) is 0 Å². The van der Waals surface area contributed by atoms with Gasteiger partial charge in [-0.25, -0.2) is 0 Å². The Kier molecular flexibility index (Phi) is 6.73. The highest BCUT2D eigenvalue weighted by molar-refractivity contribution is 5.56. The minimum absolute atomic E-state index is 0.0404. The second kappa shape index (κ2) is 8.07. The van der Waals surface area contributed by atoms with Gasteiger partial charge in [0.1, 0.15) is 0 Å². The topological polar surface area (TPSA) is 80.9 Å². The molecule has 0 aromatic heterocycles. The quantitative estimate of drug-likeness (QED) is 0.595. The fourth-order valence-corrected chi connectivity index (χ4v) is 1.93. The normalized spacial score (nSPS) is 14.8. The number of rotatable bonds is 7. The predicted octanol–water partition coefficient (Wildman–Crippen LogP) is 1.06. The second-order valence-corrected chi connectivity index (χ2v) is 4.60. The number of aliphatic hydroxyl groups excluding tert-OH is 4. The average molecular weight is 266 g/mol. The van der Waals surface area contributed by atoms with Crippen LogP contribution in [0.3, 0.4) is 0 Å². The van der Waals surface area contributed by atoms with Crippen LogP contribution in [0.15, 0.2) is 24.3 Å². The molecule has 0 heterocycles. The Bertz CT molecular complexity index is 415. The summed E-state index contributed by atoms with van der Waals surface area (Å²) < 4.78 is 0. The van der Waals surface area contributed by atoms with Gasteiger partial charge < -0.3 is 20.4 Å². The summed E-state index contributed by atoms with van der Waals surface area (Å²) >= 11 is 0. The Morgan fingerprint density at radius 3 is 2.47 bits per heavy atom. The van der Waals surface area contributed by atoms with Gasteiger partial charge in [0.2, 0.25) is 0 Å². The van der Waals surface area contributed by atoms with Crippen molar-refractivity contribution in [2.24, 2.45) is 5.92 Å². The van der Waals surface area contributed by atoms with Crippen molar-refractivity contribution < 1.29 is 20.4 Å². The van der Waals surface area contributed by atoms with E-state index in [2.05, 4.69) is 0 Å².